The van der Waals surface area contributed by atoms with Gasteiger partial charge in [0.25, 0.3) is 0 Å². The summed E-state index contributed by atoms with van der Waals surface area (Å²) >= 11 is 0. The summed E-state index contributed by atoms with van der Waals surface area (Å²) in [6.07, 6.45) is -0.963. The Kier molecular flexibility index (Phi) is 5.41. The number of alkyl halides is 3. The Balaban J connectivity index is 0.00000200. The number of hydrogen-bond acceptors (Lipinski definition) is 3. The molecular formula is C11H16ClF3N4O. The zero-order valence-corrected chi connectivity index (χ0v) is 11.6. The van der Waals surface area contributed by atoms with Crippen LogP contribution in [0.3, 0.4) is 0 Å². The average Bonchev–Trinajstić information content (AvgIpc) is 2.92. The summed E-state index contributed by atoms with van der Waals surface area (Å²) in [6.45, 7) is -0.346. The van der Waals surface area contributed by atoms with Crippen molar-refractivity contribution in [3.05, 3.63) is 18.0 Å². The van der Waals surface area contributed by atoms with E-state index in [4.69, 9.17) is 0 Å². The van der Waals surface area contributed by atoms with Crippen LogP contribution in [0.25, 0.3) is 0 Å². The van der Waals surface area contributed by atoms with Crippen molar-refractivity contribution in [3.8, 4) is 0 Å². The monoisotopic (exact) mass is 312 g/mol. The smallest absolute Gasteiger partial charge is 0.347 e. The minimum atomic E-state index is -4.38. The summed E-state index contributed by atoms with van der Waals surface area (Å²) in [7, 11) is 1.75. The molecule has 9 heteroatoms. The normalized spacial score (nSPS) is 22.4. The minimum absolute atomic E-state index is 0. The molecule has 1 fully saturated rings. The maximum Gasteiger partial charge on any atom is 0.405 e. The molecule has 0 spiro atoms. The van der Waals surface area contributed by atoms with Crippen LogP contribution in [0.5, 0.6) is 0 Å². The van der Waals surface area contributed by atoms with Crippen LogP contribution in [0.2, 0.25) is 0 Å². The number of hydrogen-bond donors (Lipinski definition) is 2. The molecule has 0 unspecified atom stereocenters. The second-order valence-electron chi connectivity index (χ2n) is 4.65. The number of nitrogens with one attached hydrogen (secondary N) is 2. The molecule has 2 heterocycles. The van der Waals surface area contributed by atoms with Crippen molar-refractivity contribution in [2.75, 3.05) is 19.6 Å². The Hall–Kier alpha value is -1.28. The number of carbonyl (C=O) groups excluding carboxylic acids is 1. The third-order valence-electron chi connectivity index (χ3n) is 3.17. The van der Waals surface area contributed by atoms with Crippen molar-refractivity contribution in [2.24, 2.45) is 13.0 Å². The molecule has 0 aliphatic carbocycles. The van der Waals surface area contributed by atoms with Crippen LogP contribution in [0.1, 0.15) is 11.5 Å². The Bertz CT molecular complexity index is 463. The van der Waals surface area contributed by atoms with Gasteiger partial charge in [0, 0.05) is 32.3 Å². The lowest BCUT2D eigenvalue weighted by atomic mass is 9.90. The zero-order chi connectivity index (χ0) is 14.0. The number of aryl methyl sites for hydroxylation is 1. The van der Waals surface area contributed by atoms with E-state index in [1.807, 2.05) is 5.32 Å². The highest BCUT2D eigenvalue weighted by atomic mass is 35.5. The number of nitrogens with zero attached hydrogens (tertiary/aromatic N) is 2. The lowest BCUT2D eigenvalue weighted by Crippen LogP contribution is -2.39. The first-order valence-corrected chi connectivity index (χ1v) is 5.90. The third-order valence-corrected chi connectivity index (χ3v) is 3.17. The van der Waals surface area contributed by atoms with Crippen molar-refractivity contribution < 1.29 is 18.0 Å². The van der Waals surface area contributed by atoms with E-state index < -0.39 is 24.5 Å². The lowest BCUT2D eigenvalue weighted by molar-refractivity contribution is -0.140. The largest absolute Gasteiger partial charge is 0.405 e. The van der Waals surface area contributed by atoms with E-state index in [-0.39, 0.29) is 18.3 Å². The lowest BCUT2D eigenvalue weighted by Gasteiger charge is -2.17. The Morgan fingerprint density at radius 2 is 2.25 bits per heavy atom. The number of carbonyl (C=O) groups is 1. The van der Waals surface area contributed by atoms with Crippen LogP contribution in [0.15, 0.2) is 12.4 Å². The highest BCUT2D eigenvalue weighted by Crippen LogP contribution is 2.28. The molecule has 2 atom stereocenters. The fourth-order valence-corrected chi connectivity index (χ4v) is 2.25. The van der Waals surface area contributed by atoms with Gasteiger partial charge in [0.05, 0.1) is 12.1 Å². The van der Waals surface area contributed by atoms with Gasteiger partial charge in [-0.25, -0.2) is 0 Å². The van der Waals surface area contributed by atoms with Crippen molar-refractivity contribution in [1.82, 2.24) is 20.4 Å². The van der Waals surface area contributed by atoms with E-state index in [2.05, 4.69) is 10.4 Å². The highest BCUT2D eigenvalue weighted by Gasteiger charge is 2.36. The van der Waals surface area contributed by atoms with Crippen molar-refractivity contribution in [1.29, 1.82) is 0 Å². The number of rotatable bonds is 3. The van der Waals surface area contributed by atoms with Gasteiger partial charge in [0.2, 0.25) is 5.91 Å². The molecule has 1 aliphatic heterocycles. The quantitative estimate of drug-likeness (QED) is 0.869. The van der Waals surface area contributed by atoms with Crippen molar-refractivity contribution in [2.45, 2.75) is 12.1 Å². The Labute approximate surface area is 120 Å². The summed E-state index contributed by atoms with van der Waals surface area (Å²) in [6, 6.07) is 0. The average molecular weight is 313 g/mol. The topological polar surface area (TPSA) is 59.0 Å². The van der Waals surface area contributed by atoms with Gasteiger partial charge in [-0.1, -0.05) is 0 Å². The first-order chi connectivity index (χ1) is 8.87. The van der Waals surface area contributed by atoms with Gasteiger partial charge in [0.15, 0.2) is 0 Å². The molecule has 1 saturated heterocycles. The summed E-state index contributed by atoms with van der Waals surface area (Å²) in [5, 5.41) is 8.99. The first-order valence-electron chi connectivity index (χ1n) is 5.90. The van der Waals surface area contributed by atoms with Crippen LogP contribution in [0.4, 0.5) is 13.2 Å². The van der Waals surface area contributed by atoms with Crippen LogP contribution in [-0.2, 0) is 11.8 Å². The molecule has 0 radical (unpaired) electrons. The van der Waals surface area contributed by atoms with E-state index >= 15 is 0 Å². The second kappa shape index (κ2) is 6.45. The molecule has 5 nitrogen and oxygen atoms in total. The molecule has 0 bridgehead atoms. The van der Waals surface area contributed by atoms with Gasteiger partial charge >= 0.3 is 6.18 Å². The molecule has 2 rings (SSSR count). The van der Waals surface area contributed by atoms with Gasteiger partial charge in [-0.05, 0) is 5.56 Å². The Morgan fingerprint density at radius 3 is 2.80 bits per heavy atom. The van der Waals surface area contributed by atoms with Crippen molar-refractivity contribution >= 4 is 18.3 Å². The zero-order valence-electron chi connectivity index (χ0n) is 10.8. The van der Waals surface area contributed by atoms with Crippen molar-refractivity contribution in [3.63, 3.8) is 0 Å². The van der Waals surface area contributed by atoms with Crippen LogP contribution in [0, 0.1) is 5.92 Å². The van der Waals surface area contributed by atoms with Gasteiger partial charge in [0.1, 0.15) is 6.54 Å². The molecule has 20 heavy (non-hydrogen) atoms. The van der Waals surface area contributed by atoms with E-state index in [0.717, 1.165) is 5.56 Å². The summed E-state index contributed by atoms with van der Waals surface area (Å²) in [4.78, 5) is 11.8. The SMILES string of the molecule is Cl.Cn1cc([C@H]2CNC[C@@H]2C(=O)NCC(F)(F)F)cn1. The van der Waals surface area contributed by atoms with Gasteiger partial charge in [-0.3, -0.25) is 9.48 Å². The molecule has 0 aromatic carbocycles. The number of halogens is 4. The van der Waals surface area contributed by atoms with Gasteiger partial charge in [-0.15, -0.1) is 12.4 Å². The number of aromatic nitrogens is 2. The molecule has 1 aliphatic rings. The van der Waals surface area contributed by atoms with Gasteiger partial charge < -0.3 is 10.6 Å². The fourth-order valence-electron chi connectivity index (χ4n) is 2.25. The third kappa shape index (κ3) is 4.11. The van der Waals surface area contributed by atoms with E-state index in [1.54, 1.807) is 24.1 Å². The predicted octanol–water partition coefficient (Wildman–Crippen LogP) is 0.823. The van der Waals surface area contributed by atoms with E-state index in [0.29, 0.717) is 13.1 Å². The molecule has 2 N–H and O–H groups in total. The second-order valence-corrected chi connectivity index (χ2v) is 4.65. The highest BCUT2D eigenvalue weighted by molar-refractivity contribution is 5.85. The first kappa shape index (κ1) is 16.8. The molecule has 114 valence electrons. The maximum atomic E-state index is 12.1. The molecule has 1 aromatic heterocycles. The molecule has 0 saturated carbocycles. The molecular weight excluding hydrogens is 297 g/mol. The fraction of sp³-hybridized carbons (Fsp3) is 0.636. The van der Waals surface area contributed by atoms with Crippen LogP contribution in [-0.4, -0.2) is 41.5 Å². The maximum absolute atomic E-state index is 12.1. The van der Waals surface area contributed by atoms with E-state index in [9.17, 15) is 18.0 Å². The standard InChI is InChI=1S/C11H15F3N4O.ClH/c1-18-5-7(2-17-18)8-3-15-4-9(8)10(19)16-6-11(12,13)14;/h2,5,8-9,15H,3-4,6H2,1H3,(H,16,19);1H/t8-,9+;/m1./s1. The van der Waals surface area contributed by atoms with Crippen LogP contribution >= 0.6 is 12.4 Å². The summed E-state index contributed by atoms with van der Waals surface area (Å²) < 4.78 is 37.9. The molecule has 1 amide bonds. The Morgan fingerprint density at radius 1 is 1.55 bits per heavy atom. The number of amides is 1. The minimum Gasteiger partial charge on any atom is -0.347 e. The summed E-state index contributed by atoms with van der Waals surface area (Å²) in [5.74, 6) is -1.20. The van der Waals surface area contributed by atoms with Crippen LogP contribution < -0.4 is 10.6 Å². The van der Waals surface area contributed by atoms with E-state index in [1.165, 1.54) is 0 Å². The predicted molar refractivity (Wildman–Crippen MR) is 68.6 cm³/mol. The summed E-state index contributed by atoms with van der Waals surface area (Å²) in [5.41, 5.74) is 0.861. The van der Waals surface area contributed by atoms with Gasteiger partial charge in [-0.2, -0.15) is 18.3 Å². The molecule has 1 aromatic rings.